The van der Waals surface area contributed by atoms with Crippen molar-refractivity contribution in [3.05, 3.63) is 0 Å². The lowest BCUT2D eigenvalue weighted by molar-refractivity contribution is 0.0791. The zero-order valence-corrected chi connectivity index (χ0v) is 5.60. The summed E-state index contributed by atoms with van der Waals surface area (Å²) >= 11 is 0. The SMILES string of the molecule is CNC(O)C(C)(C)N. The van der Waals surface area contributed by atoms with Gasteiger partial charge < -0.3 is 10.8 Å². The lowest BCUT2D eigenvalue weighted by Crippen LogP contribution is -2.51. The molecule has 0 bridgehead atoms. The molecule has 3 heteroatoms. The van der Waals surface area contributed by atoms with Crippen LogP contribution < -0.4 is 11.1 Å². The summed E-state index contributed by atoms with van der Waals surface area (Å²) in [5.74, 6) is 0. The number of nitrogens with one attached hydrogen (secondary N) is 1. The van der Waals surface area contributed by atoms with E-state index in [1.165, 1.54) is 0 Å². The number of hydrogen-bond donors (Lipinski definition) is 3. The molecule has 4 N–H and O–H groups in total. The minimum Gasteiger partial charge on any atom is -0.377 e. The fourth-order valence-electron chi connectivity index (χ4n) is 0.372. The summed E-state index contributed by atoms with van der Waals surface area (Å²) in [5.41, 5.74) is 4.93. The van der Waals surface area contributed by atoms with Crippen LogP contribution in [0, 0.1) is 0 Å². The van der Waals surface area contributed by atoms with Crippen molar-refractivity contribution in [2.24, 2.45) is 5.73 Å². The number of rotatable bonds is 2. The molecule has 3 nitrogen and oxygen atoms in total. The summed E-state index contributed by atoms with van der Waals surface area (Å²) < 4.78 is 0. The molecule has 0 aromatic carbocycles. The predicted octanol–water partition coefficient (Wildman–Crippen LogP) is -0.738. The van der Waals surface area contributed by atoms with Crippen molar-refractivity contribution in [1.29, 1.82) is 0 Å². The highest BCUT2D eigenvalue weighted by molar-refractivity contribution is 4.78. The summed E-state index contributed by atoms with van der Waals surface area (Å²) in [6.45, 7) is 3.52. The molecule has 0 spiro atoms. The van der Waals surface area contributed by atoms with Crippen molar-refractivity contribution in [3.63, 3.8) is 0 Å². The molecular formula is C5H14N2O. The third kappa shape index (κ3) is 2.26. The molecule has 0 amide bonds. The zero-order chi connectivity index (χ0) is 6.78. The summed E-state index contributed by atoms with van der Waals surface area (Å²) in [6.07, 6.45) is -0.623. The molecule has 0 aromatic rings. The highest BCUT2D eigenvalue weighted by Crippen LogP contribution is 1.99. The van der Waals surface area contributed by atoms with Gasteiger partial charge in [0.25, 0.3) is 0 Å². The summed E-state index contributed by atoms with van der Waals surface area (Å²) in [5, 5.41) is 11.6. The minimum absolute atomic E-state index is 0.547. The van der Waals surface area contributed by atoms with Gasteiger partial charge in [0.15, 0.2) is 0 Å². The molecule has 0 radical (unpaired) electrons. The van der Waals surface area contributed by atoms with Crippen LogP contribution in [0.2, 0.25) is 0 Å². The molecule has 0 saturated carbocycles. The quantitative estimate of drug-likeness (QED) is 0.419. The monoisotopic (exact) mass is 118 g/mol. The Balaban J connectivity index is 3.62. The Bertz CT molecular complexity index is 67.3. The number of aliphatic hydroxyl groups is 1. The van der Waals surface area contributed by atoms with Crippen LogP contribution in [-0.2, 0) is 0 Å². The standard InChI is InChI=1S/C5H14N2O/c1-5(2,6)4(8)7-3/h4,7-8H,6H2,1-3H3. The van der Waals surface area contributed by atoms with E-state index < -0.39 is 11.8 Å². The average molecular weight is 118 g/mol. The molecule has 50 valence electrons. The van der Waals surface area contributed by atoms with Crippen molar-refractivity contribution in [2.45, 2.75) is 25.6 Å². The van der Waals surface area contributed by atoms with E-state index in [-0.39, 0.29) is 0 Å². The molecule has 1 atom stereocenters. The van der Waals surface area contributed by atoms with Crippen LogP contribution in [0.15, 0.2) is 0 Å². The maximum Gasteiger partial charge on any atom is 0.122 e. The average Bonchev–Trinajstić information content (AvgIpc) is 1.62. The topological polar surface area (TPSA) is 58.3 Å². The Morgan fingerprint density at radius 3 is 2.00 bits per heavy atom. The molecule has 0 aliphatic carbocycles. The van der Waals surface area contributed by atoms with E-state index in [0.29, 0.717) is 0 Å². The van der Waals surface area contributed by atoms with E-state index in [1.54, 1.807) is 20.9 Å². The fourth-order valence-corrected chi connectivity index (χ4v) is 0.372. The van der Waals surface area contributed by atoms with Crippen LogP contribution in [0.1, 0.15) is 13.8 Å². The number of nitrogens with two attached hydrogens (primary N) is 1. The first-order chi connectivity index (χ1) is 3.48. The van der Waals surface area contributed by atoms with Gasteiger partial charge in [0.05, 0.1) is 0 Å². The Labute approximate surface area is 49.9 Å². The van der Waals surface area contributed by atoms with E-state index >= 15 is 0 Å². The van der Waals surface area contributed by atoms with Crippen molar-refractivity contribution < 1.29 is 5.11 Å². The van der Waals surface area contributed by atoms with Gasteiger partial charge in [-0.2, -0.15) is 0 Å². The van der Waals surface area contributed by atoms with Gasteiger partial charge in [-0.1, -0.05) is 0 Å². The van der Waals surface area contributed by atoms with Crippen LogP contribution in [0.3, 0.4) is 0 Å². The van der Waals surface area contributed by atoms with Crippen LogP contribution in [0.4, 0.5) is 0 Å². The van der Waals surface area contributed by atoms with Crippen LogP contribution in [-0.4, -0.2) is 23.9 Å². The van der Waals surface area contributed by atoms with Crippen molar-refractivity contribution in [3.8, 4) is 0 Å². The van der Waals surface area contributed by atoms with Gasteiger partial charge in [-0.15, -0.1) is 0 Å². The molecule has 0 aromatic heterocycles. The van der Waals surface area contributed by atoms with Gasteiger partial charge in [0.1, 0.15) is 6.23 Å². The molecule has 8 heavy (non-hydrogen) atoms. The van der Waals surface area contributed by atoms with E-state index in [2.05, 4.69) is 5.32 Å². The van der Waals surface area contributed by atoms with Gasteiger partial charge in [-0.05, 0) is 20.9 Å². The Hall–Kier alpha value is -0.120. The fraction of sp³-hybridized carbons (Fsp3) is 1.00. The van der Waals surface area contributed by atoms with Crippen LogP contribution >= 0.6 is 0 Å². The Morgan fingerprint density at radius 1 is 1.62 bits per heavy atom. The van der Waals surface area contributed by atoms with Crippen LogP contribution in [0.5, 0.6) is 0 Å². The molecule has 0 rings (SSSR count). The molecular weight excluding hydrogens is 104 g/mol. The second-order valence-corrected chi connectivity index (χ2v) is 2.51. The third-order valence-electron chi connectivity index (χ3n) is 0.978. The largest absolute Gasteiger partial charge is 0.377 e. The van der Waals surface area contributed by atoms with E-state index in [4.69, 9.17) is 10.8 Å². The highest BCUT2D eigenvalue weighted by atomic mass is 16.3. The number of likely N-dealkylation sites (N-methyl/N-ethyl adjacent to an activating group) is 1. The van der Waals surface area contributed by atoms with Crippen molar-refractivity contribution in [2.75, 3.05) is 7.05 Å². The number of aliphatic hydroxyl groups excluding tert-OH is 1. The summed E-state index contributed by atoms with van der Waals surface area (Å²) in [6, 6.07) is 0. The molecule has 0 heterocycles. The third-order valence-corrected chi connectivity index (χ3v) is 0.978. The Kier molecular flexibility index (Phi) is 2.40. The van der Waals surface area contributed by atoms with E-state index in [1.807, 2.05) is 0 Å². The van der Waals surface area contributed by atoms with E-state index in [0.717, 1.165) is 0 Å². The first kappa shape index (κ1) is 7.88. The van der Waals surface area contributed by atoms with Crippen molar-refractivity contribution in [1.82, 2.24) is 5.32 Å². The maximum atomic E-state index is 8.96. The Morgan fingerprint density at radius 2 is 2.00 bits per heavy atom. The van der Waals surface area contributed by atoms with Crippen LogP contribution in [0.25, 0.3) is 0 Å². The molecule has 0 aliphatic heterocycles. The van der Waals surface area contributed by atoms with Crippen molar-refractivity contribution >= 4 is 0 Å². The summed E-state index contributed by atoms with van der Waals surface area (Å²) in [4.78, 5) is 0. The second-order valence-electron chi connectivity index (χ2n) is 2.51. The normalized spacial score (nSPS) is 16.1. The first-order valence-electron chi connectivity index (χ1n) is 2.62. The highest BCUT2D eigenvalue weighted by Gasteiger charge is 2.19. The molecule has 0 fully saturated rings. The lowest BCUT2D eigenvalue weighted by atomic mass is 10.1. The van der Waals surface area contributed by atoms with Gasteiger partial charge in [-0.3, -0.25) is 5.32 Å². The number of hydrogen-bond acceptors (Lipinski definition) is 3. The first-order valence-corrected chi connectivity index (χ1v) is 2.62. The minimum atomic E-state index is -0.623. The zero-order valence-electron chi connectivity index (χ0n) is 5.60. The molecule has 1 unspecified atom stereocenters. The molecule has 0 saturated heterocycles. The summed E-state index contributed by atoms with van der Waals surface area (Å²) in [7, 11) is 1.67. The van der Waals surface area contributed by atoms with Gasteiger partial charge in [0.2, 0.25) is 0 Å². The van der Waals surface area contributed by atoms with Gasteiger partial charge >= 0.3 is 0 Å². The second kappa shape index (κ2) is 2.44. The smallest absolute Gasteiger partial charge is 0.122 e. The van der Waals surface area contributed by atoms with Gasteiger partial charge in [-0.25, -0.2) is 0 Å². The van der Waals surface area contributed by atoms with E-state index in [9.17, 15) is 0 Å². The van der Waals surface area contributed by atoms with Gasteiger partial charge in [0, 0.05) is 5.54 Å². The maximum absolute atomic E-state index is 8.96. The molecule has 0 aliphatic rings. The predicted molar refractivity (Wildman–Crippen MR) is 33.3 cm³/mol. The lowest BCUT2D eigenvalue weighted by Gasteiger charge is -2.24.